The molecular formula is C27H29N3O3. The minimum atomic E-state index is -0.466. The lowest BCUT2D eigenvalue weighted by molar-refractivity contribution is 0.0622. The number of carbonyl (C=O) groups excluding carboxylic acids is 1. The lowest BCUT2D eigenvalue weighted by atomic mass is 10.1. The summed E-state index contributed by atoms with van der Waals surface area (Å²) in [6, 6.07) is 18.1. The molecule has 2 heterocycles. The molecule has 0 fully saturated rings. The Hall–Kier alpha value is -3.67. The van der Waals surface area contributed by atoms with Crippen molar-refractivity contribution in [1.29, 1.82) is 0 Å². The second-order valence-corrected chi connectivity index (χ2v) is 8.61. The third-order valence-corrected chi connectivity index (χ3v) is 5.81. The molecule has 170 valence electrons. The molecule has 0 spiro atoms. The third kappa shape index (κ3) is 4.33. The van der Waals surface area contributed by atoms with Gasteiger partial charge in [0.2, 0.25) is 0 Å². The first kappa shape index (κ1) is 22.5. The second kappa shape index (κ2) is 9.45. The fourth-order valence-electron chi connectivity index (χ4n) is 4.18. The molecule has 2 aromatic heterocycles. The minimum absolute atomic E-state index is 0.140. The lowest BCUT2D eigenvalue weighted by Crippen LogP contribution is -2.39. The van der Waals surface area contributed by atoms with E-state index in [2.05, 4.69) is 20.8 Å². The monoisotopic (exact) mass is 443 g/mol. The maximum absolute atomic E-state index is 13.8. The van der Waals surface area contributed by atoms with Gasteiger partial charge in [-0.1, -0.05) is 51.1 Å². The van der Waals surface area contributed by atoms with E-state index in [1.54, 1.807) is 27.7 Å². The van der Waals surface area contributed by atoms with Gasteiger partial charge in [0, 0.05) is 6.54 Å². The molecule has 0 aliphatic rings. The molecule has 6 heteroatoms. The summed E-state index contributed by atoms with van der Waals surface area (Å²) in [4.78, 5) is 33.8. The zero-order chi connectivity index (χ0) is 23.5. The van der Waals surface area contributed by atoms with Crippen LogP contribution < -0.4 is 5.56 Å². The molecular weight excluding hydrogens is 414 g/mol. The molecule has 2 aromatic carbocycles. The van der Waals surface area contributed by atoms with Crippen LogP contribution in [0.3, 0.4) is 0 Å². The van der Waals surface area contributed by atoms with Gasteiger partial charge in [0.25, 0.3) is 11.5 Å². The van der Waals surface area contributed by atoms with Gasteiger partial charge >= 0.3 is 0 Å². The maximum Gasteiger partial charge on any atom is 0.290 e. The maximum atomic E-state index is 13.8. The van der Waals surface area contributed by atoms with Crippen molar-refractivity contribution < 1.29 is 9.21 Å². The molecule has 1 unspecified atom stereocenters. The van der Waals surface area contributed by atoms with Crippen molar-refractivity contribution in [2.24, 2.45) is 5.92 Å². The number of amides is 1. The van der Waals surface area contributed by atoms with Gasteiger partial charge in [-0.2, -0.15) is 0 Å². The summed E-state index contributed by atoms with van der Waals surface area (Å²) in [6.45, 7) is 8.60. The van der Waals surface area contributed by atoms with Crippen LogP contribution in [0.2, 0.25) is 0 Å². The Morgan fingerprint density at radius 3 is 2.45 bits per heavy atom. The van der Waals surface area contributed by atoms with Gasteiger partial charge in [-0.15, -0.1) is 0 Å². The number of fused-ring (bicyclic) bond motifs is 1. The molecule has 33 heavy (non-hydrogen) atoms. The van der Waals surface area contributed by atoms with Gasteiger partial charge in [0.05, 0.1) is 28.9 Å². The van der Waals surface area contributed by atoms with Crippen molar-refractivity contribution in [3.8, 4) is 5.69 Å². The standard InChI is InChI=1S/C27H29N3O3/c1-5-20-11-6-9-14-23(20)30-25(28-22-13-8-7-12-21(22)26(30)31)19(4)29(17-18(2)3)27(32)24-15-10-16-33-24/h6-16,18-19H,5,17H2,1-4H3. The van der Waals surface area contributed by atoms with Gasteiger partial charge in [-0.3, -0.25) is 14.2 Å². The third-order valence-electron chi connectivity index (χ3n) is 5.81. The number of para-hydroxylation sites is 2. The lowest BCUT2D eigenvalue weighted by Gasteiger charge is -2.31. The normalized spacial score (nSPS) is 12.3. The molecule has 0 saturated carbocycles. The van der Waals surface area contributed by atoms with E-state index < -0.39 is 6.04 Å². The number of rotatable bonds is 7. The summed E-state index contributed by atoms with van der Waals surface area (Å²) in [5, 5.41) is 0.548. The molecule has 0 aliphatic heterocycles. The summed E-state index contributed by atoms with van der Waals surface area (Å²) in [5.41, 5.74) is 2.31. The van der Waals surface area contributed by atoms with Crippen LogP contribution in [0.4, 0.5) is 0 Å². The van der Waals surface area contributed by atoms with E-state index in [-0.39, 0.29) is 23.1 Å². The number of carbonyl (C=O) groups is 1. The van der Waals surface area contributed by atoms with Crippen molar-refractivity contribution in [2.45, 2.75) is 40.2 Å². The van der Waals surface area contributed by atoms with Crippen molar-refractivity contribution in [3.05, 3.63) is 94.4 Å². The van der Waals surface area contributed by atoms with Crippen LogP contribution in [0.5, 0.6) is 0 Å². The number of furan rings is 1. The van der Waals surface area contributed by atoms with Gasteiger partial charge < -0.3 is 9.32 Å². The van der Waals surface area contributed by atoms with Crippen LogP contribution in [0.15, 0.2) is 76.1 Å². The van der Waals surface area contributed by atoms with Crippen LogP contribution in [0.1, 0.15) is 55.7 Å². The Morgan fingerprint density at radius 1 is 1.03 bits per heavy atom. The number of aryl methyl sites for hydroxylation is 1. The fraction of sp³-hybridized carbons (Fsp3) is 0.296. The average molecular weight is 444 g/mol. The zero-order valence-electron chi connectivity index (χ0n) is 19.5. The average Bonchev–Trinajstić information content (AvgIpc) is 3.36. The Bertz CT molecular complexity index is 1320. The predicted molar refractivity (Wildman–Crippen MR) is 130 cm³/mol. The summed E-state index contributed by atoms with van der Waals surface area (Å²) in [5.74, 6) is 0.792. The largest absolute Gasteiger partial charge is 0.459 e. The summed E-state index contributed by atoms with van der Waals surface area (Å²) < 4.78 is 7.08. The Labute approximate surface area is 193 Å². The SMILES string of the molecule is CCc1ccccc1-n1c(C(C)N(CC(C)C)C(=O)c2ccco2)nc2ccccc2c1=O. The Morgan fingerprint density at radius 2 is 1.76 bits per heavy atom. The van der Waals surface area contributed by atoms with Crippen LogP contribution in [0.25, 0.3) is 16.6 Å². The number of hydrogen-bond acceptors (Lipinski definition) is 4. The fourth-order valence-corrected chi connectivity index (χ4v) is 4.18. The number of benzene rings is 2. The van der Waals surface area contributed by atoms with Crippen molar-refractivity contribution in [2.75, 3.05) is 6.54 Å². The Kier molecular flexibility index (Phi) is 6.45. The van der Waals surface area contributed by atoms with Crippen molar-refractivity contribution in [1.82, 2.24) is 14.5 Å². The zero-order valence-corrected chi connectivity index (χ0v) is 19.5. The first-order chi connectivity index (χ1) is 15.9. The molecule has 0 saturated heterocycles. The highest BCUT2D eigenvalue weighted by molar-refractivity contribution is 5.91. The van der Waals surface area contributed by atoms with Gasteiger partial charge in [-0.05, 0) is 55.2 Å². The highest BCUT2D eigenvalue weighted by atomic mass is 16.3. The van der Waals surface area contributed by atoms with E-state index in [0.29, 0.717) is 23.3 Å². The van der Waals surface area contributed by atoms with Gasteiger partial charge in [0.15, 0.2) is 5.76 Å². The summed E-state index contributed by atoms with van der Waals surface area (Å²) in [7, 11) is 0. The number of nitrogens with zero attached hydrogens (tertiary/aromatic N) is 3. The van der Waals surface area contributed by atoms with E-state index in [1.807, 2.05) is 49.4 Å². The smallest absolute Gasteiger partial charge is 0.290 e. The highest BCUT2D eigenvalue weighted by Crippen LogP contribution is 2.27. The summed E-state index contributed by atoms with van der Waals surface area (Å²) in [6.07, 6.45) is 2.26. The van der Waals surface area contributed by atoms with E-state index >= 15 is 0 Å². The summed E-state index contributed by atoms with van der Waals surface area (Å²) >= 11 is 0. The first-order valence-corrected chi connectivity index (χ1v) is 11.4. The predicted octanol–water partition coefficient (Wildman–Crippen LogP) is 5.40. The Balaban J connectivity index is 1.96. The van der Waals surface area contributed by atoms with Crippen LogP contribution >= 0.6 is 0 Å². The molecule has 0 N–H and O–H groups in total. The topological polar surface area (TPSA) is 68.3 Å². The van der Waals surface area contributed by atoms with E-state index in [1.165, 1.54) is 6.26 Å². The van der Waals surface area contributed by atoms with Gasteiger partial charge in [-0.25, -0.2) is 4.98 Å². The molecule has 6 nitrogen and oxygen atoms in total. The van der Waals surface area contributed by atoms with E-state index in [9.17, 15) is 9.59 Å². The molecule has 1 atom stereocenters. The van der Waals surface area contributed by atoms with E-state index in [4.69, 9.17) is 9.40 Å². The van der Waals surface area contributed by atoms with E-state index in [0.717, 1.165) is 17.7 Å². The molecule has 0 bridgehead atoms. The first-order valence-electron chi connectivity index (χ1n) is 11.4. The second-order valence-electron chi connectivity index (χ2n) is 8.61. The molecule has 4 rings (SSSR count). The molecule has 0 aliphatic carbocycles. The minimum Gasteiger partial charge on any atom is -0.459 e. The molecule has 0 radical (unpaired) electrons. The van der Waals surface area contributed by atoms with Crippen molar-refractivity contribution >= 4 is 16.8 Å². The van der Waals surface area contributed by atoms with Crippen LogP contribution in [-0.4, -0.2) is 26.9 Å². The van der Waals surface area contributed by atoms with Gasteiger partial charge in [0.1, 0.15) is 5.82 Å². The van der Waals surface area contributed by atoms with Crippen molar-refractivity contribution in [3.63, 3.8) is 0 Å². The highest BCUT2D eigenvalue weighted by Gasteiger charge is 2.29. The van der Waals surface area contributed by atoms with Crippen LogP contribution in [-0.2, 0) is 6.42 Å². The number of hydrogen-bond donors (Lipinski definition) is 0. The molecule has 4 aromatic rings. The number of aromatic nitrogens is 2. The van der Waals surface area contributed by atoms with Crippen LogP contribution in [0, 0.1) is 5.92 Å². The molecule has 1 amide bonds. The quantitative estimate of drug-likeness (QED) is 0.383.